The van der Waals surface area contributed by atoms with Gasteiger partial charge in [-0.05, 0) is 12.8 Å². The van der Waals surface area contributed by atoms with Crippen molar-refractivity contribution in [1.29, 1.82) is 0 Å². The third kappa shape index (κ3) is 2.78. The second kappa shape index (κ2) is 5.69. The first-order valence-corrected chi connectivity index (χ1v) is 7.00. The number of nitrogens with one attached hydrogen (secondary N) is 1. The maximum absolute atomic E-state index is 12.7. The van der Waals surface area contributed by atoms with E-state index in [9.17, 15) is 4.79 Å². The van der Waals surface area contributed by atoms with Crippen LogP contribution in [-0.4, -0.2) is 33.0 Å². The highest BCUT2D eigenvalue weighted by atomic mass is 32.1. The lowest BCUT2D eigenvalue weighted by atomic mass is 9.73. The summed E-state index contributed by atoms with van der Waals surface area (Å²) >= 11 is 5.18. The first kappa shape index (κ1) is 14.0. The minimum atomic E-state index is -0.633. The Kier molecular flexibility index (Phi) is 4.19. The van der Waals surface area contributed by atoms with Gasteiger partial charge >= 0.3 is 0 Å². The summed E-state index contributed by atoms with van der Waals surface area (Å²) in [4.78, 5) is 14.8. The molecule has 3 N–H and O–H groups in total. The van der Waals surface area contributed by atoms with Gasteiger partial charge in [-0.2, -0.15) is 5.10 Å². The fourth-order valence-electron chi connectivity index (χ4n) is 2.80. The number of carbonyl (C=O) groups is 1. The van der Waals surface area contributed by atoms with Gasteiger partial charge in [0.15, 0.2) is 0 Å². The van der Waals surface area contributed by atoms with E-state index in [0.717, 1.165) is 37.7 Å². The van der Waals surface area contributed by atoms with Crippen molar-refractivity contribution in [3.63, 3.8) is 0 Å². The number of carbonyl (C=O) groups excluding carboxylic acids is 1. The number of aromatic nitrogens is 2. The van der Waals surface area contributed by atoms with E-state index in [4.69, 9.17) is 18.0 Å². The van der Waals surface area contributed by atoms with Gasteiger partial charge in [-0.3, -0.25) is 9.89 Å². The monoisotopic (exact) mass is 280 g/mol. The second-order valence-electron chi connectivity index (χ2n) is 5.27. The highest BCUT2D eigenvalue weighted by Crippen LogP contribution is 2.38. The van der Waals surface area contributed by atoms with Gasteiger partial charge in [-0.15, -0.1) is 0 Å². The summed E-state index contributed by atoms with van der Waals surface area (Å²) in [7, 11) is 1.80. The van der Waals surface area contributed by atoms with Gasteiger partial charge in [0.1, 0.15) is 0 Å². The van der Waals surface area contributed by atoms with Crippen LogP contribution >= 0.6 is 12.2 Å². The Balaban J connectivity index is 2.13. The van der Waals surface area contributed by atoms with Crippen LogP contribution in [-0.2, 0) is 11.3 Å². The quantitative estimate of drug-likeness (QED) is 0.822. The van der Waals surface area contributed by atoms with Crippen LogP contribution in [0.15, 0.2) is 12.4 Å². The van der Waals surface area contributed by atoms with Crippen LogP contribution in [0, 0.1) is 5.41 Å². The third-order valence-electron chi connectivity index (χ3n) is 3.91. The Bertz CT molecular complexity index is 451. The smallest absolute Gasteiger partial charge is 0.235 e. The zero-order valence-corrected chi connectivity index (χ0v) is 12.0. The summed E-state index contributed by atoms with van der Waals surface area (Å²) in [6.45, 7) is 0.527. The molecule has 1 heterocycles. The topological polar surface area (TPSA) is 75.0 Å². The molecule has 0 unspecified atom stereocenters. The Morgan fingerprint density at radius 2 is 2.21 bits per heavy atom. The zero-order valence-electron chi connectivity index (χ0n) is 11.2. The molecule has 1 amide bonds. The van der Waals surface area contributed by atoms with Crippen LogP contribution in [0.4, 0.5) is 0 Å². The van der Waals surface area contributed by atoms with Crippen LogP contribution in [0.25, 0.3) is 0 Å². The summed E-state index contributed by atoms with van der Waals surface area (Å²) in [6, 6.07) is 0. The Morgan fingerprint density at radius 1 is 1.53 bits per heavy atom. The van der Waals surface area contributed by atoms with Crippen LogP contribution in [0.2, 0.25) is 0 Å². The third-order valence-corrected chi connectivity index (χ3v) is 4.30. The molecule has 0 bridgehead atoms. The van der Waals surface area contributed by atoms with E-state index in [0.29, 0.717) is 11.5 Å². The maximum atomic E-state index is 12.7. The van der Waals surface area contributed by atoms with Crippen LogP contribution < -0.4 is 5.73 Å². The fourth-order valence-corrected chi connectivity index (χ4v) is 3.09. The summed E-state index contributed by atoms with van der Waals surface area (Å²) in [5, 5.41) is 6.63. The lowest BCUT2D eigenvalue weighted by Crippen LogP contribution is -2.50. The number of hydrogen-bond donors (Lipinski definition) is 2. The van der Waals surface area contributed by atoms with Crippen LogP contribution in [0.1, 0.15) is 37.7 Å². The van der Waals surface area contributed by atoms with E-state index in [1.54, 1.807) is 24.3 Å². The van der Waals surface area contributed by atoms with E-state index in [2.05, 4.69) is 10.2 Å². The SMILES string of the molecule is CN(Cc1cn[nH]c1)C(=O)C1(C(N)=S)CCCCC1. The molecular weight excluding hydrogens is 260 g/mol. The summed E-state index contributed by atoms with van der Waals surface area (Å²) in [5.74, 6) is 0.0425. The lowest BCUT2D eigenvalue weighted by molar-refractivity contribution is -0.138. The van der Waals surface area contributed by atoms with E-state index in [-0.39, 0.29) is 5.91 Å². The zero-order chi connectivity index (χ0) is 13.9. The molecule has 6 heteroatoms. The molecule has 2 rings (SSSR count). The van der Waals surface area contributed by atoms with Crippen molar-refractivity contribution in [2.45, 2.75) is 38.6 Å². The second-order valence-corrected chi connectivity index (χ2v) is 5.71. The first-order chi connectivity index (χ1) is 9.06. The molecule has 0 spiro atoms. The normalized spacial score (nSPS) is 17.9. The van der Waals surface area contributed by atoms with Crippen molar-refractivity contribution < 1.29 is 4.79 Å². The van der Waals surface area contributed by atoms with Crippen molar-refractivity contribution >= 4 is 23.1 Å². The summed E-state index contributed by atoms with van der Waals surface area (Å²) < 4.78 is 0. The number of H-pyrrole nitrogens is 1. The number of amides is 1. The number of hydrogen-bond acceptors (Lipinski definition) is 3. The predicted molar refractivity (Wildman–Crippen MR) is 77.4 cm³/mol. The highest BCUT2D eigenvalue weighted by molar-refractivity contribution is 7.80. The van der Waals surface area contributed by atoms with Gasteiger partial charge in [0.05, 0.1) is 16.6 Å². The standard InChI is InChI=1S/C13H20N4OS/c1-17(9-10-7-15-16-8-10)12(18)13(11(14)19)5-3-2-4-6-13/h7-8H,2-6,9H2,1H3,(H2,14,19)(H,15,16). The van der Waals surface area contributed by atoms with Crippen molar-refractivity contribution in [1.82, 2.24) is 15.1 Å². The first-order valence-electron chi connectivity index (χ1n) is 6.59. The molecule has 1 saturated carbocycles. The molecule has 0 aromatic carbocycles. The van der Waals surface area contributed by atoms with Crippen LogP contribution in [0.5, 0.6) is 0 Å². The Morgan fingerprint density at radius 3 is 2.74 bits per heavy atom. The Hall–Kier alpha value is -1.43. The molecule has 19 heavy (non-hydrogen) atoms. The van der Waals surface area contributed by atoms with Gasteiger partial charge in [-0.1, -0.05) is 31.5 Å². The molecule has 1 aliphatic rings. The van der Waals surface area contributed by atoms with Crippen LogP contribution in [0.3, 0.4) is 0 Å². The Labute approximate surface area is 118 Å². The number of rotatable bonds is 4. The molecule has 0 atom stereocenters. The van der Waals surface area contributed by atoms with Gasteiger partial charge in [0.25, 0.3) is 0 Å². The van der Waals surface area contributed by atoms with E-state index >= 15 is 0 Å². The van der Waals surface area contributed by atoms with Gasteiger partial charge in [-0.25, -0.2) is 0 Å². The van der Waals surface area contributed by atoms with E-state index in [1.165, 1.54) is 0 Å². The van der Waals surface area contributed by atoms with Crippen molar-refractivity contribution in [2.75, 3.05) is 7.05 Å². The molecule has 1 aliphatic carbocycles. The molecular formula is C13H20N4OS. The van der Waals surface area contributed by atoms with E-state index in [1.807, 2.05) is 0 Å². The van der Waals surface area contributed by atoms with Gasteiger partial charge < -0.3 is 10.6 Å². The molecule has 0 radical (unpaired) electrons. The largest absolute Gasteiger partial charge is 0.392 e. The van der Waals surface area contributed by atoms with Crippen molar-refractivity contribution in [2.24, 2.45) is 11.1 Å². The molecule has 0 aliphatic heterocycles. The van der Waals surface area contributed by atoms with Crippen molar-refractivity contribution in [3.8, 4) is 0 Å². The minimum Gasteiger partial charge on any atom is -0.392 e. The van der Waals surface area contributed by atoms with Gasteiger partial charge in [0, 0.05) is 25.4 Å². The van der Waals surface area contributed by atoms with E-state index < -0.39 is 5.41 Å². The highest BCUT2D eigenvalue weighted by Gasteiger charge is 2.43. The number of thiocarbonyl (C=S) groups is 1. The predicted octanol–water partition coefficient (Wildman–Crippen LogP) is 1.60. The summed E-state index contributed by atoms with van der Waals surface area (Å²) in [6.07, 6.45) is 8.25. The lowest BCUT2D eigenvalue weighted by Gasteiger charge is -2.37. The molecule has 1 aromatic rings. The molecule has 5 nitrogen and oxygen atoms in total. The summed E-state index contributed by atoms with van der Waals surface area (Å²) in [5.41, 5.74) is 6.22. The van der Waals surface area contributed by atoms with Gasteiger partial charge in [0.2, 0.25) is 5.91 Å². The van der Waals surface area contributed by atoms with Crippen molar-refractivity contribution in [3.05, 3.63) is 18.0 Å². The number of aromatic amines is 1. The average Bonchev–Trinajstić information content (AvgIpc) is 2.91. The fraction of sp³-hybridized carbons (Fsp3) is 0.615. The maximum Gasteiger partial charge on any atom is 0.235 e. The molecule has 1 aromatic heterocycles. The molecule has 1 fully saturated rings. The average molecular weight is 280 g/mol. The minimum absolute atomic E-state index is 0.0425. The number of nitrogens with two attached hydrogens (primary N) is 1. The molecule has 0 saturated heterocycles. The number of nitrogens with zero attached hydrogens (tertiary/aromatic N) is 2. The molecule has 104 valence electrons.